The predicted molar refractivity (Wildman–Crippen MR) is 66.4 cm³/mol. The number of halogens is 3. The Morgan fingerprint density at radius 3 is 2.45 bits per heavy atom. The summed E-state index contributed by atoms with van der Waals surface area (Å²) in [5.41, 5.74) is 0. The summed E-state index contributed by atoms with van der Waals surface area (Å²) < 4.78 is 63.4. The van der Waals surface area contributed by atoms with E-state index in [1.807, 2.05) is 4.72 Å². The molecule has 3 rings (SSSR count). The standard InChI is InChI=1S/C11H14F3N3O4S/c12-11(13,14)7-3-6(4-7)10(19)16-1-2-17-8(5-16)9(18)15-22(17,20)21/h6-8H,1-5H2,(H,15,18). The average Bonchev–Trinajstić information content (AvgIpc) is 2.55. The number of piperazine rings is 1. The van der Waals surface area contributed by atoms with Gasteiger partial charge in [-0.05, 0) is 12.8 Å². The van der Waals surface area contributed by atoms with Crippen molar-refractivity contribution in [2.45, 2.75) is 25.1 Å². The number of hydrogen-bond donors (Lipinski definition) is 1. The number of fused-ring (bicyclic) bond motifs is 1. The topological polar surface area (TPSA) is 86.8 Å². The lowest BCUT2D eigenvalue weighted by Crippen LogP contribution is -2.57. The summed E-state index contributed by atoms with van der Waals surface area (Å²) in [6.45, 7) is -0.0688. The highest BCUT2D eigenvalue weighted by Gasteiger charge is 2.52. The molecule has 0 radical (unpaired) electrons. The molecule has 0 aromatic heterocycles. The first kappa shape index (κ1) is 15.5. The van der Waals surface area contributed by atoms with E-state index in [-0.39, 0.29) is 32.5 Å². The Morgan fingerprint density at radius 1 is 1.23 bits per heavy atom. The minimum Gasteiger partial charge on any atom is -0.339 e. The minimum atomic E-state index is -4.28. The quantitative estimate of drug-likeness (QED) is 0.694. The first-order valence-corrected chi connectivity index (χ1v) is 8.22. The van der Waals surface area contributed by atoms with Gasteiger partial charge in [0, 0.05) is 25.6 Å². The van der Waals surface area contributed by atoms with Gasteiger partial charge in [0.25, 0.3) is 5.91 Å². The molecule has 1 atom stereocenters. The minimum absolute atomic E-state index is 0.0348. The molecule has 1 aliphatic carbocycles. The molecule has 0 bridgehead atoms. The first-order valence-electron chi connectivity index (χ1n) is 6.78. The van der Waals surface area contributed by atoms with E-state index in [0.29, 0.717) is 0 Å². The average molecular weight is 341 g/mol. The van der Waals surface area contributed by atoms with Crippen molar-refractivity contribution in [1.29, 1.82) is 0 Å². The fraction of sp³-hybridized carbons (Fsp3) is 0.818. The second kappa shape index (κ2) is 4.82. The molecule has 7 nitrogen and oxygen atoms in total. The van der Waals surface area contributed by atoms with E-state index in [9.17, 15) is 31.2 Å². The second-order valence-electron chi connectivity index (χ2n) is 5.79. The summed E-state index contributed by atoms with van der Waals surface area (Å²) in [5.74, 6) is -3.28. The first-order chi connectivity index (χ1) is 10.1. The molecule has 0 aromatic carbocycles. The molecule has 2 amide bonds. The largest absolute Gasteiger partial charge is 0.391 e. The number of hydrogen-bond acceptors (Lipinski definition) is 4. The van der Waals surface area contributed by atoms with E-state index < -0.39 is 46.1 Å². The number of carbonyl (C=O) groups excluding carboxylic acids is 2. The fourth-order valence-electron chi connectivity index (χ4n) is 3.07. The fourth-order valence-corrected chi connectivity index (χ4v) is 4.39. The molecule has 0 spiro atoms. The molecule has 1 unspecified atom stereocenters. The van der Waals surface area contributed by atoms with Crippen molar-refractivity contribution in [2.24, 2.45) is 11.8 Å². The number of nitrogens with one attached hydrogen (secondary N) is 1. The van der Waals surface area contributed by atoms with Crippen LogP contribution >= 0.6 is 0 Å². The smallest absolute Gasteiger partial charge is 0.339 e. The predicted octanol–water partition coefficient (Wildman–Crippen LogP) is -0.538. The Bertz CT molecular complexity index is 615. The van der Waals surface area contributed by atoms with E-state index >= 15 is 0 Å². The van der Waals surface area contributed by atoms with Gasteiger partial charge in [-0.15, -0.1) is 0 Å². The molecule has 3 aliphatic rings. The van der Waals surface area contributed by atoms with Crippen LogP contribution in [0.15, 0.2) is 0 Å². The molecule has 2 aliphatic heterocycles. The summed E-state index contributed by atoms with van der Waals surface area (Å²) in [4.78, 5) is 25.1. The molecule has 1 saturated carbocycles. The van der Waals surface area contributed by atoms with Crippen LogP contribution in [0.25, 0.3) is 0 Å². The summed E-state index contributed by atoms with van der Waals surface area (Å²) in [5, 5.41) is 0. The Kier molecular flexibility index (Phi) is 3.40. The zero-order valence-corrected chi connectivity index (χ0v) is 12.2. The van der Waals surface area contributed by atoms with Gasteiger partial charge in [-0.3, -0.25) is 9.59 Å². The molecule has 2 saturated heterocycles. The third kappa shape index (κ3) is 2.45. The van der Waals surface area contributed by atoms with Gasteiger partial charge in [0.05, 0.1) is 5.92 Å². The van der Waals surface area contributed by atoms with Crippen molar-refractivity contribution >= 4 is 22.0 Å². The molecule has 124 valence electrons. The Balaban J connectivity index is 1.62. The maximum Gasteiger partial charge on any atom is 0.391 e. The van der Waals surface area contributed by atoms with Crippen LogP contribution in [0, 0.1) is 11.8 Å². The lowest BCUT2D eigenvalue weighted by Gasteiger charge is -2.41. The molecule has 1 N–H and O–H groups in total. The highest BCUT2D eigenvalue weighted by Crippen LogP contribution is 2.45. The highest BCUT2D eigenvalue weighted by atomic mass is 32.2. The van der Waals surface area contributed by atoms with E-state index in [1.165, 1.54) is 4.90 Å². The van der Waals surface area contributed by atoms with Gasteiger partial charge >= 0.3 is 16.4 Å². The van der Waals surface area contributed by atoms with Crippen molar-refractivity contribution in [3.63, 3.8) is 0 Å². The summed E-state index contributed by atoms with van der Waals surface area (Å²) >= 11 is 0. The van der Waals surface area contributed by atoms with E-state index in [0.717, 1.165) is 4.31 Å². The number of amides is 2. The third-order valence-electron chi connectivity index (χ3n) is 4.43. The van der Waals surface area contributed by atoms with Crippen LogP contribution in [0.1, 0.15) is 12.8 Å². The van der Waals surface area contributed by atoms with Gasteiger partial charge in [0.1, 0.15) is 6.04 Å². The molecular formula is C11H14F3N3O4S. The van der Waals surface area contributed by atoms with E-state index in [4.69, 9.17) is 0 Å². The maximum atomic E-state index is 12.4. The van der Waals surface area contributed by atoms with Gasteiger partial charge in [0.15, 0.2) is 0 Å². The third-order valence-corrected chi connectivity index (χ3v) is 5.95. The van der Waals surface area contributed by atoms with Gasteiger partial charge in [-0.25, -0.2) is 4.72 Å². The summed E-state index contributed by atoms with van der Waals surface area (Å²) in [6.07, 6.45) is -4.76. The lowest BCUT2D eigenvalue weighted by atomic mass is 9.73. The summed E-state index contributed by atoms with van der Waals surface area (Å²) in [6, 6.07) is -0.985. The number of nitrogens with zero attached hydrogens (tertiary/aromatic N) is 2. The zero-order chi connectivity index (χ0) is 16.3. The summed E-state index contributed by atoms with van der Waals surface area (Å²) in [7, 11) is -3.84. The Hall–Kier alpha value is -1.36. The van der Waals surface area contributed by atoms with Crippen molar-refractivity contribution in [3.8, 4) is 0 Å². The highest BCUT2D eigenvalue weighted by molar-refractivity contribution is 7.88. The lowest BCUT2D eigenvalue weighted by molar-refractivity contribution is -0.206. The molecule has 11 heteroatoms. The van der Waals surface area contributed by atoms with Gasteiger partial charge in [0.2, 0.25) is 5.91 Å². The maximum absolute atomic E-state index is 12.4. The number of rotatable bonds is 1. The van der Waals surface area contributed by atoms with Gasteiger partial charge in [-0.1, -0.05) is 0 Å². The molecule has 2 heterocycles. The van der Waals surface area contributed by atoms with Crippen molar-refractivity contribution in [3.05, 3.63) is 0 Å². The van der Waals surface area contributed by atoms with Crippen molar-refractivity contribution < 1.29 is 31.2 Å². The molecular weight excluding hydrogens is 327 g/mol. The van der Waals surface area contributed by atoms with Crippen LogP contribution in [0.5, 0.6) is 0 Å². The van der Waals surface area contributed by atoms with Crippen LogP contribution in [-0.2, 0) is 19.8 Å². The van der Waals surface area contributed by atoms with E-state index in [2.05, 4.69) is 0 Å². The van der Waals surface area contributed by atoms with Gasteiger partial charge < -0.3 is 4.90 Å². The Labute approximate surface area is 124 Å². The van der Waals surface area contributed by atoms with Gasteiger partial charge in [-0.2, -0.15) is 25.9 Å². The molecule has 3 fully saturated rings. The van der Waals surface area contributed by atoms with Crippen molar-refractivity contribution in [1.82, 2.24) is 13.9 Å². The van der Waals surface area contributed by atoms with Crippen LogP contribution in [0.4, 0.5) is 13.2 Å². The van der Waals surface area contributed by atoms with E-state index in [1.54, 1.807) is 0 Å². The SMILES string of the molecule is O=C1NS(=O)(=O)N2CCN(C(=O)C3CC(C(F)(F)F)C3)CC12. The van der Waals surface area contributed by atoms with Crippen LogP contribution in [0.2, 0.25) is 0 Å². The van der Waals surface area contributed by atoms with Crippen LogP contribution in [0.3, 0.4) is 0 Å². The zero-order valence-electron chi connectivity index (χ0n) is 11.3. The molecule has 0 aromatic rings. The number of alkyl halides is 3. The van der Waals surface area contributed by atoms with Crippen molar-refractivity contribution in [2.75, 3.05) is 19.6 Å². The van der Waals surface area contributed by atoms with Crippen LogP contribution < -0.4 is 4.72 Å². The monoisotopic (exact) mass is 341 g/mol. The number of carbonyl (C=O) groups is 2. The Morgan fingerprint density at radius 2 is 1.86 bits per heavy atom. The van der Waals surface area contributed by atoms with Crippen LogP contribution in [-0.4, -0.2) is 61.3 Å². The second-order valence-corrected chi connectivity index (χ2v) is 7.41. The molecule has 22 heavy (non-hydrogen) atoms. The normalized spacial score (nSPS) is 34.8.